The fourth-order valence-electron chi connectivity index (χ4n) is 3.22. The van der Waals surface area contributed by atoms with Gasteiger partial charge in [0.25, 0.3) is 5.91 Å². The molecular formula is C21H18N2O2S. The molecule has 0 saturated heterocycles. The average Bonchev–Trinajstić information content (AvgIpc) is 3.06. The van der Waals surface area contributed by atoms with Crippen molar-refractivity contribution in [1.82, 2.24) is 4.98 Å². The SMILES string of the molecule is Cc1ccc(C(=O)Nc2nc3c(s2)C(=O)CC(c2ccccc2)C3)cc1. The summed E-state index contributed by atoms with van der Waals surface area (Å²) < 4.78 is 0. The number of aryl methyl sites for hydroxylation is 1. The summed E-state index contributed by atoms with van der Waals surface area (Å²) in [5.41, 5.74) is 3.63. The van der Waals surface area contributed by atoms with E-state index in [1.165, 1.54) is 11.3 Å². The van der Waals surface area contributed by atoms with E-state index in [1.54, 1.807) is 12.1 Å². The van der Waals surface area contributed by atoms with E-state index in [1.807, 2.05) is 37.3 Å². The smallest absolute Gasteiger partial charge is 0.257 e. The lowest BCUT2D eigenvalue weighted by molar-refractivity contribution is 0.0967. The molecule has 0 saturated carbocycles. The van der Waals surface area contributed by atoms with Crippen molar-refractivity contribution in [3.8, 4) is 0 Å². The molecule has 1 aromatic heterocycles. The van der Waals surface area contributed by atoms with Crippen LogP contribution in [0.1, 0.15) is 49.2 Å². The van der Waals surface area contributed by atoms with Gasteiger partial charge in [0, 0.05) is 12.0 Å². The van der Waals surface area contributed by atoms with Gasteiger partial charge in [-0.15, -0.1) is 0 Å². The Morgan fingerprint density at radius 1 is 1.08 bits per heavy atom. The van der Waals surface area contributed by atoms with Crippen molar-refractivity contribution in [2.45, 2.75) is 25.7 Å². The minimum absolute atomic E-state index is 0.105. The Balaban J connectivity index is 1.54. The summed E-state index contributed by atoms with van der Waals surface area (Å²) >= 11 is 1.27. The Bertz CT molecular complexity index is 961. The van der Waals surface area contributed by atoms with Crippen molar-refractivity contribution in [2.24, 2.45) is 0 Å². The van der Waals surface area contributed by atoms with Crippen LogP contribution in [0.3, 0.4) is 0 Å². The fraction of sp³-hybridized carbons (Fsp3) is 0.190. The lowest BCUT2D eigenvalue weighted by Gasteiger charge is -2.20. The van der Waals surface area contributed by atoms with Gasteiger partial charge in [0.15, 0.2) is 10.9 Å². The van der Waals surface area contributed by atoms with Crippen LogP contribution in [-0.2, 0) is 6.42 Å². The molecule has 5 heteroatoms. The van der Waals surface area contributed by atoms with Gasteiger partial charge in [0.05, 0.1) is 10.6 Å². The summed E-state index contributed by atoms with van der Waals surface area (Å²) in [5, 5.41) is 3.31. The van der Waals surface area contributed by atoms with Gasteiger partial charge < -0.3 is 0 Å². The first kappa shape index (κ1) is 16.7. The molecular weight excluding hydrogens is 344 g/mol. The molecule has 1 unspecified atom stereocenters. The highest BCUT2D eigenvalue weighted by Crippen LogP contribution is 2.36. The molecule has 4 nitrogen and oxygen atoms in total. The van der Waals surface area contributed by atoms with Crippen LogP contribution >= 0.6 is 11.3 Å². The molecule has 4 rings (SSSR count). The third kappa shape index (κ3) is 3.30. The standard InChI is InChI=1S/C21H18N2O2S/c1-13-7-9-15(10-8-13)20(25)23-21-22-17-11-16(12-18(24)19(17)26-21)14-5-3-2-4-6-14/h2-10,16H,11-12H2,1H3,(H,22,23,25). The number of aromatic nitrogens is 1. The van der Waals surface area contributed by atoms with Crippen molar-refractivity contribution in [3.63, 3.8) is 0 Å². The van der Waals surface area contributed by atoms with Gasteiger partial charge in [-0.1, -0.05) is 59.4 Å². The molecule has 1 aliphatic rings. The number of fused-ring (bicyclic) bond motifs is 1. The molecule has 2 aromatic carbocycles. The number of rotatable bonds is 3. The van der Waals surface area contributed by atoms with Crippen molar-refractivity contribution < 1.29 is 9.59 Å². The zero-order valence-corrected chi connectivity index (χ0v) is 15.2. The molecule has 0 aliphatic heterocycles. The average molecular weight is 362 g/mol. The number of carbonyl (C=O) groups is 2. The maximum atomic E-state index is 12.5. The summed E-state index contributed by atoms with van der Waals surface area (Å²) in [6.45, 7) is 1.98. The first-order valence-electron chi connectivity index (χ1n) is 8.56. The Labute approximate surface area is 155 Å². The normalized spacial score (nSPS) is 16.2. The largest absolute Gasteiger partial charge is 0.298 e. The molecule has 1 aliphatic carbocycles. The van der Waals surface area contributed by atoms with Crippen LogP contribution in [0, 0.1) is 6.92 Å². The minimum Gasteiger partial charge on any atom is -0.298 e. The maximum absolute atomic E-state index is 12.5. The molecule has 130 valence electrons. The van der Waals surface area contributed by atoms with Crippen LogP contribution in [0.15, 0.2) is 54.6 Å². The summed E-state index contributed by atoms with van der Waals surface area (Å²) in [5.74, 6) is 0.0514. The summed E-state index contributed by atoms with van der Waals surface area (Å²) in [4.78, 5) is 30.1. The Kier molecular flexibility index (Phi) is 4.39. The number of nitrogens with zero attached hydrogens (tertiary/aromatic N) is 1. The molecule has 1 heterocycles. The van der Waals surface area contributed by atoms with Crippen LogP contribution in [0.25, 0.3) is 0 Å². The molecule has 3 aromatic rings. The van der Waals surface area contributed by atoms with Gasteiger partial charge in [-0.3, -0.25) is 14.9 Å². The zero-order chi connectivity index (χ0) is 18.1. The highest BCUT2D eigenvalue weighted by molar-refractivity contribution is 7.17. The zero-order valence-electron chi connectivity index (χ0n) is 14.4. The van der Waals surface area contributed by atoms with Gasteiger partial charge in [0.2, 0.25) is 0 Å². The number of thiazole rings is 1. The Hall–Kier alpha value is -2.79. The van der Waals surface area contributed by atoms with Crippen molar-refractivity contribution in [1.29, 1.82) is 0 Å². The molecule has 1 amide bonds. The number of hydrogen-bond donors (Lipinski definition) is 1. The predicted octanol–water partition coefficient (Wildman–Crippen LogP) is 4.62. The van der Waals surface area contributed by atoms with Crippen molar-refractivity contribution in [2.75, 3.05) is 5.32 Å². The minimum atomic E-state index is -0.205. The van der Waals surface area contributed by atoms with E-state index < -0.39 is 0 Å². The monoisotopic (exact) mass is 362 g/mol. The number of carbonyl (C=O) groups excluding carboxylic acids is 2. The lowest BCUT2D eigenvalue weighted by atomic mass is 9.85. The van der Waals surface area contributed by atoms with Gasteiger partial charge in [0.1, 0.15) is 0 Å². The second kappa shape index (κ2) is 6.84. The van der Waals surface area contributed by atoms with E-state index in [0.717, 1.165) is 23.2 Å². The molecule has 0 fully saturated rings. The number of nitrogens with one attached hydrogen (secondary N) is 1. The number of amides is 1. The number of ketones is 1. The summed E-state index contributed by atoms with van der Waals surface area (Å²) in [6.07, 6.45) is 1.21. The Morgan fingerprint density at radius 2 is 1.81 bits per heavy atom. The Morgan fingerprint density at radius 3 is 2.54 bits per heavy atom. The fourth-order valence-corrected chi connectivity index (χ4v) is 4.16. The van der Waals surface area contributed by atoms with E-state index in [4.69, 9.17) is 0 Å². The first-order chi connectivity index (χ1) is 12.6. The van der Waals surface area contributed by atoms with E-state index in [9.17, 15) is 9.59 Å². The second-order valence-electron chi connectivity index (χ2n) is 6.55. The van der Waals surface area contributed by atoms with E-state index in [0.29, 0.717) is 22.0 Å². The first-order valence-corrected chi connectivity index (χ1v) is 9.37. The quantitative estimate of drug-likeness (QED) is 0.740. The van der Waals surface area contributed by atoms with E-state index in [-0.39, 0.29) is 17.6 Å². The molecule has 26 heavy (non-hydrogen) atoms. The van der Waals surface area contributed by atoms with Gasteiger partial charge in [-0.25, -0.2) is 4.98 Å². The highest BCUT2D eigenvalue weighted by atomic mass is 32.1. The van der Waals surface area contributed by atoms with Crippen LogP contribution in [0.5, 0.6) is 0 Å². The third-order valence-corrected chi connectivity index (χ3v) is 5.68. The van der Waals surface area contributed by atoms with Gasteiger partial charge >= 0.3 is 0 Å². The number of Topliss-reactive ketones (excluding diaryl/α,β-unsaturated/α-hetero) is 1. The maximum Gasteiger partial charge on any atom is 0.257 e. The predicted molar refractivity (Wildman–Crippen MR) is 103 cm³/mol. The summed E-state index contributed by atoms with van der Waals surface area (Å²) in [6, 6.07) is 17.4. The highest BCUT2D eigenvalue weighted by Gasteiger charge is 2.30. The molecule has 0 spiro atoms. The number of benzene rings is 2. The van der Waals surface area contributed by atoms with Crippen LogP contribution in [-0.4, -0.2) is 16.7 Å². The molecule has 0 bridgehead atoms. The molecule has 0 radical (unpaired) electrons. The van der Waals surface area contributed by atoms with Crippen LogP contribution in [0.4, 0.5) is 5.13 Å². The van der Waals surface area contributed by atoms with Crippen LogP contribution < -0.4 is 5.32 Å². The van der Waals surface area contributed by atoms with E-state index >= 15 is 0 Å². The van der Waals surface area contributed by atoms with E-state index in [2.05, 4.69) is 22.4 Å². The van der Waals surface area contributed by atoms with Crippen LogP contribution in [0.2, 0.25) is 0 Å². The topological polar surface area (TPSA) is 59.1 Å². The van der Waals surface area contributed by atoms with Crippen molar-refractivity contribution in [3.05, 3.63) is 81.9 Å². The third-order valence-electron chi connectivity index (χ3n) is 4.63. The van der Waals surface area contributed by atoms with Gasteiger partial charge in [-0.05, 0) is 37.0 Å². The second-order valence-corrected chi connectivity index (χ2v) is 7.55. The summed E-state index contributed by atoms with van der Waals surface area (Å²) in [7, 11) is 0. The number of anilines is 1. The molecule has 1 N–H and O–H groups in total. The lowest BCUT2D eigenvalue weighted by Crippen LogP contribution is -2.17. The molecule has 1 atom stereocenters. The van der Waals surface area contributed by atoms with Crippen molar-refractivity contribution >= 4 is 28.2 Å². The van der Waals surface area contributed by atoms with Gasteiger partial charge in [-0.2, -0.15) is 0 Å². The number of hydrogen-bond acceptors (Lipinski definition) is 4.